The highest BCUT2D eigenvalue weighted by atomic mass is 16.3. The summed E-state index contributed by atoms with van der Waals surface area (Å²) in [6.07, 6.45) is 5.81. The SMILES string of the molecule is C[C@H](NC(=O)[C@@H](CCCN)NC(=O)CNC(=O)[C@@H](NC(=O)[C@@H](NC(=O)[C@@H](N)CCCCN)[C@@H](O)CN)[C@@H](O)CN)C(=O)N[C@@H](Cc1cnc[nH]1)C(=O)N[C@@H](CCCCN)C(=O)CC/C(=C\CCN=C(N)N)C(=O)N[C@@H](CCCCN)C(=O)NCCCCN. The summed E-state index contributed by atoms with van der Waals surface area (Å²) in [6.45, 7) is 1.42. The summed E-state index contributed by atoms with van der Waals surface area (Å²) in [5.41, 5.74) is 57.1. The van der Waals surface area contributed by atoms with E-state index in [4.69, 9.17) is 57.3 Å². The molecule has 0 fully saturated rings. The Balaban J connectivity index is 3.33. The van der Waals surface area contributed by atoms with Gasteiger partial charge in [-0.2, -0.15) is 0 Å². The van der Waals surface area contributed by atoms with Crippen LogP contribution in [-0.4, -0.2) is 211 Å². The van der Waals surface area contributed by atoms with Gasteiger partial charge in [0.25, 0.3) is 0 Å². The first-order valence-corrected chi connectivity index (χ1v) is 30.0. The van der Waals surface area contributed by atoms with Crippen LogP contribution in [0.15, 0.2) is 29.2 Å². The van der Waals surface area contributed by atoms with Crippen molar-refractivity contribution in [2.75, 3.05) is 65.4 Å². The number of aliphatic hydroxyl groups excluding tert-OH is 2. The number of unbranched alkanes of at least 4 members (excludes halogenated alkanes) is 4. The lowest BCUT2D eigenvalue weighted by Gasteiger charge is -2.28. The number of nitrogens with two attached hydrogens (primary N) is 10. The number of ketones is 1. The summed E-state index contributed by atoms with van der Waals surface area (Å²) in [6, 6.07) is -10.8. The number of imidazole rings is 1. The largest absolute Gasteiger partial charge is 0.389 e. The number of nitrogens with zero attached hydrogens (tertiary/aromatic N) is 2. The lowest BCUT2D eigenvalue weighted by molar-refractivity contribution is -0.137. The number of amides is 9. The Morgan fingerprint density at radius 1 is 0.568 bits per heavy atom. The maximum Gasteiger partial charge on any atom is 0.247 e. The van der Waals surface area contributed by atoms with Gasteiger partial charge in [-0.25, -0.2) is 4.98 Å². The van der Waals surface area contributed by atoms with E-state index in [1.54, 1.807) is 6.08 Å². The summed E-state index contributed by atoms with van der Waals surface area (Å²) in [5.74, 6) is -8.18. The van der Waals surface area contributed by atoms with E-state index in [0.29, 0.717) is 89.7 Å². The van der Waals surface area contributed by atoms with Crippen molar-refractivity contribution in [1.29, 1.82) is 0 Å². The molecule has 9 amide bonds. The number of aliphatic hydroxyl groups is 2. The van der Waals surface area contributed by atoms with Crippen molar-refractivity contribution >= 4 is 64.9 Å². The van der Waals surface area contributed by atoms with Crippen LogP contribution in [0, 0.1) is 0 Å². The van der Waals surface area contributed by atoms with Crippen molar-refractivity contribution in [3.63, 3.8) is 0 Å². The maximum absolute atomic E-state index is 14.3. The van der Waals surface area contributed by atoms with Gasteiger partial charge >= 0.3 is 0 Å². The van der Waals surface area contributed by atoms with E-state index in [-0.39, 0.29) is 82.5 Å². The minimum absolute atomic E-state index is 0.0542. The summed E-state index contributed by atoms with van der Waals surface area (Å²) >= 11 is 0. The number of nitrogens with one attached hydrogen (secondary N) is 10. The molecule has 34 nitrogen and oxygen atoms in total. The Morgan fingerprint density at radius 3 is 1.68 bits per heavy atom. The molecule has 0 radical (unpaired) electrons. The molecule has 88 heavy (non-hydrogen) atoms. The number of H-pyrrole nitrogens is 1. The van der Waals surface area contributed by atoms with Crippen molar-refractivity contribution < 1.29 is 58.2 Å². The van der Waals surface area contributed by atoms with Crippen molar-refractivity contribution in [2.24, 2.45) is 62.3 Å². The normalized spacial score (nSPS) is 14.8. The van der Waals surface area contributed by atoms with E-state index < -0.39 is 139 Å². The predicted octanol–water partition coefficient (Wildman–Crippen LogP) is -8.63. The molecule has 1 rings (SSSR count). The number of hydrogen-bond acceptors (Lipinski definition) is 22. The molecular formula is C54H102N22O12. The first-order valence-electron chi connectivity index (χ1n) is 30.0. The van der Waals surface area contributed by atoms with Crippen LogP contribution in [0.1, 0.15) is 115 Å². The van der Waals surface area contributed by atoms with Gasteiger partial charge in [0.2, 0.25) is 53.2 Å². The molecule has 0 unspecified atom stereocenters. The van der Waals surface area contributed by atoms with E-state index in [0.717, 1.165) is 0 Å². The molecule has 0 bridgehead atoms. The first-order chi connectivity index (χ1) is 42.0. The number of aromatic amines is 1. The zero-order valence-electron chi connectivity index (χ0n) is 50.7. The quantitative estimate of drug-likeness (QED) is 0.0125. The summed E-state index contributed by atoms with van der Waals surface area (Å²) in [7, 11) is 0. The second-order valence-corrected chi connectivity index (χ2v) is 21.0. The van der Waals surface area contributed by atoms with Crippen LogP contribution in [0.5, 0.6) is 0 Å². The molecule has 500 valence electrons. The first kappa shape index (κ1) is 78.7. The highest BCUT2D eigenvalue weighted by Gasteiger charge is 2.36. The summed E-state index contributed by atoms with van der Waals surface area (Å²) in [5, 5.41) is 44.0. The Morgan fingerprint density at radius 2 is 1.10 bits per heavy atom. The van der Waals surface area contributed by atoms with E-state index in [9.17, 15) is 58.2 Å². The lowest BCUT2D eigenvalue weighted by atomic mass is 9.97. The molecule has 0 aliphatic carbocycles. The third kappa shape index (κ3) is 32.1. The van der Waals surface area contributed by atoms with E-state index in [1.807, 2.05) is 0 Å². The molecule has 10 atom stereocenters. The van der Waals surface area contributed by atoms with Crippen molar-refractivity contribution in [2.45, 2.75) is 177 Å². The molecule has 34 heteroatoms. The zero-order chi connectivity index (χ0) is 66.0. The fraction of sp³-hybridized carbons (Fsp3) is 0.704. The Hall–Kier alpha value is -7.28. The van der Waals surface area contributed by atoms with Crippen molar-refractivity contribution in [3.8, 4) is 0 Å². The minimum Gasteiger partial charge on any atom is -0.389 e. The number of hydrogen-bond donors (Lipinski definition) is 22. The van der Waals surface area contributed by atoms with Crippen LogP contribution in [0.4, 0.5) is 0 Å². The molecular weight excluding hydrogens is 1150 g/mol. The van der Waals surface area contributed by atoms with Crippen molar-refractivity contribution in [3.05, 3.63) is 29.9 Å². The van der Waals surface area contributed by atoms with Gasteiger partial charge in [-0.3, -0.25) is 52.9 Å². The van der Waals surface area contributed by atoms with Gasteiger partial charge in [0.1, 0.15) is 36.3 Å². The summed E-state index contributed by atoms with van der Waals surface area (Å²) < 4.78 is 0. The maximum atomic E-state index is 14.3. The van der Waals surface area contributed by atoms with Crippen LogP contribution >= 0.6 is 0 Å². The average molecular weight is 1250 g/mol. The van der Waals surface area contributed by atoms with E-state index in [2.05, 4.69) is 62.8 Å². The number of aromatic nitrogens is 2. The van der Waals surface area contributed by atoms with Gasteiger partial charge in [0.05, 0.1) is 37.2 Å². The molecule has 1 heterocycles. The van der Waals surface area contributed by atoms with E-state index >= 15 is 0 Å². The number of rotatable bonds is 49. The van der Waals surface area contributed by atoms with Crippen molar-refractivity contribution in [1.82, 2.24) is 57.8 Å². The minimum atomic E-state index is -1.84. The molecule has 32 N–H and O–H groups in total. The molecule has 0 saturated heterocycles. The molecule has 0 aromatic carbocycles. The lowest BCUT2D eigenvalue weighted by Crippen LogP contribution is -2.63. The van der Waals surface area contributed by atoms with Crippen LogP contribution < -0.4 is 105 Å². The number of Topliss-reactive ketones (excluding diaryl/α,β-unsaturated/α-hetero) is 1. The number of carbonyl (C=O) groups excluding carboxylic acids is 10. The van der Waals surface area contributed by atoms with Crippen LogP contribution in [0.25, 0.3) is 0 Å². The monoisotopic (exact) mass is 1250 g/mol. The Kier molecular flexibility index (Phi) is 41.1. The summed E-state index contributed by atoms with van der Waals surface area (Å²) in [4.78, 5) is 147. The van der Waals surface area contributed by atoms with Crippen LogP contribution in [-0.2, 0) is 54.4 Å². The zero-order valence-corrected chi connectivity index (χ0v) is 50.7. The van der Waals surface area contributed by atoms with Gasteiger partial charge in [-0.15, -0.1) is 0 Å². The second-order valence-electron chi connectivity index (χ2n) is 21.0. The second kappa shape index (κ2) is 45.9. The van der Waals surface area contributed by atoms with Gasteiger partial charge < -0.3 is 120 Å². The van der Waals surface area contributed by atoms with E-state index in [1.165, 1.54) is 19.4 Å². The highest BCUT2D eigenvalue weighted by molar-refractivity contribution is 5.99. The fourth-order valence-electron chi connectivity index (χ4n) is 8.57. The molecule has 1 aromatic heterocycles. The van der Waals surface area contributed by atoms with Gasteiger partial charge in [0.15, 0.2) is 11.7 Å². The molecule has 0 aliphatic heterocycles. The standard InChI is InChI=1S/C54H102N22O12/c1-32(70-50(85)38(16-10-23-59)71-43(80)30-68-52(87)44(41(78)27-60)76-53(88)45(42(79)28-61)75-48(83)35(62)13-2-5-19-55)46(81)74-39(26-34-29-65-31-69-34)51(86)72-36(14-3-6-20-56)40(77)18-17-33(12-11-25-67-54(63)64)47(82)73-37(15-4-7-21-57)49(84)66-24-9-8-22-58/h12,29,31-32,35-39,41-42,44-45,78-79H,2-11,13-28,30,55-62H2,1H3,(H,65,69)(H,66,84)(H,68,87)(H,70,85)(H,71,80)(H,72,86)(H,73,82)(H,74,81)(H,75,83)(H,76,88)(H4,63,64,67)/b33-12+/t32-,35-,36-,37-,38+,39-,41-,42-,44-,45-/m0/s1. The fourth-order valence-corrected chi connectivity index (χ4v) is 8.57. The molecule has 1 aromatic rings. The van der Waals surface area contributed by atoms with Gasteiger partial charge in [-0.05, 0) is 130 Å². The topological polar surface area (TPSA) is 621 Å². The Labute approximate surface area is 513 Å². The van der Waals surface area contributed by atoms with Crippen LogP contribution in [0.3, 0.4) is 0 Å². The highest BCUT2D eigenvalue weighted by Crippen LogP contribution is 2.15. The third-order valence-electron chi connectivity index (χ3n) is 13.8. The molecule has 0 spiro atoms. The van der Waals surface area contributed by atoms with Crippen LogP contribution in [0.2, 0.25) is 0 Å². The molecule has 0 saturated carbocycles. The number of carbonyl (C=O) groups is 10. The smallest absolute Gasteiger partial charge is 0.247 e. The predicted molar refractivity (Wildman–Crippen MR) is 329 cm³/mol. The molecule has 0 aliphatic rings. The number of guanidine groups is 1. The Bertz CT molecular complexity index is 2340. The third-order valence-corrected chi connectivity index (χ3v) is 13.8. The van der Waals surface area contributed by atoms with Gasteiger partial charge in [-0.1, -0.05) is 12.5 Å². The van der Waals surface area contributed by atoms with Gasteiger partial charge in [0, 0.05) is 56.5 Å². The average Bonchev–Trinajstić information content (AvgIpc) is 4.19. The number of aliphatic imine (C=N–C) groups is 1.